The van der Waals surface area contributed by atoms with Gasteiger partial charge in [0.05, 0.1) is 25.3 Å². The summed E-state index contributed by atoms with van der Waals surface area (Å²) in [5.74, 6) is 1.09. The van der Waals surface area contributed by atoms with E-state index in [2.05, 4.69) is 15.9 Å². The fraction of sp³-hybridized carbons (Fsp3) is 0.250. The first-order chi connectivity index (χ1) is 10.0. The monoisotopic (exact) mass is 370 g/mol. The SMILES string of the molecule is COc1cc(Cl)c(C(O)Cc2cccc(Br)c2)cc1OC. The highest BCUT2D eigenvalue weighted by molar-refractivity contribution is 9.10. The Bertz CT molecular complexity index is 631. The first kappa shape index (κ1) is 16.1. The van der Waals surface area contributed by atoms with Crippen molar-refractivity contribution in [2.75, 3.05) is 14.2 Å². The third kappa shape index (κ3) is 3.90. The van der Waals surface area contributed by atoms with Crippen molar-refractivity contribution in [2.45, 2.75) is 12.5 Å². The molecule has 2 aromatic carbocycles. The fourth-order valence-corrected chi connectivity index (χ4v) is 2.85. The molecule has 0 amide bonds. The van der Waals surface area contributed by atoms with Crippen LogP contribution in [0.1, 0.15) is 17.2 Å². The van der Waals surface area contributed by atoms with Crippen molar-refractivity contribution in [2.24, 2.45) is 0 Å². The molecule has 1 N–H and O–H groups in total. The minimum absolute atomic E-state index is 0.454. The molecule has 0 aromatic heterocycles. The standard InChI is InChI=1S/C16H16BrClO3/c1-20-15-8-12(13(18)9-16(15)21-2)14(19)7-10-4-3-5-11(17)6-10/h3-6,8-9,14,19H,7H2,1-2H3. The Morgan fingerprint density at radius 3 is 2.43 bits per heavy atom. The lowest BCUT2D eigenvalue weighted by atomic mass is 10.0. The number of hydrogen-bond donors (Lipinski definition) is 1. The second-order valence-electron chi connectivity index (χ2n) is 4.58. The molecule has 112 valence electrons. The number of hydrogen-bond acceptors (Lipinski definition) is 3. The lowest BCUT2D eigenvalue weighted by molar-refractivity contribution is 0.178. The number of benzene rings is 2. The van der Waals surface area contributed by atoms with Crippen LogP contribution in [-0.4, -0.2) is 19.3 Å². The Labute approximate surface area is 137 Å². The molecule has 0 fully saturated rings. The van der Waals surface area contributed by atoms with Gasteiger partial charge in [-0.25, -0.2) is 0 Å². The van der Waals surface area contributed by atoms with Crippen molar-refractivity contribution in [3.63, 3.8) is 0 Å². The number of ether oxygens (including phenoxy) is 2. The Morgan fingerprint density at radius 1 is 1.14 bits per heavy atom. The average molecular weight is 372 g/mol. The van der Waals surface area contributed by atoms with E-state index < -0.39 is 6.10 Å². The predicted molar refractivity (Wildman–Crippen MR) is 87.4 cm³/mol. The lowest BCUT2D eigenvalue weighted by Gasteiger charge is -2.16. The molecule has 0 radical (unpaired) electrons. The van der Waals surface area contributed by atoms with Crippen LogP contribution >= 0.6 is 27.5 Å². The zero-order chi connectivity index (χ0) is 15.4. The Morgan fingerprint density at radius 2 is 1.81 bits per heavy atom. The Hall–Kier alpha value is -1.23. The van der Waals surface area contributed by atoms with E-state index in [-0.39, 0.29) is 0 Å². The van der Waals surface area contributed by atoms with Gasteiger partial charge in [-0.2, -0.15) is 0 Å². The van der Waals surface area contributed by atoms with Crippen LogP contribution in [0.25, 0.3) is 0 Å². The molecule has 3 nitrogen and oxygen atoms in total. The molecule has 5 heteroatoms. The van der Waals surface area contributed by atoms with Crippen LogP contribution in [0.5, 0.6) is 11.5 Å². The van der Waals surface area contributed by atoms with Gasteiger partial charge >= 0.3 is 0 Å². The smallest absolute Gasteiger partial charge is 0.162 e. The summed E-state index contributed by atoms with van der Waals surface area (Å²) in [6.45, 7) is 0. The summed E-state index contributed by atoms with van der Waals surface area (Å²) in [6.07, 6.45) is -0.249. The van der Waals surface area contributed by atoms with Crippen LogP contribution in [0.3, 0.4) is 0 Å². The van der Waals surface area contributed by atoms with Crippen LogP contribution < -0.4 is 9.47 Å². The van der Waals surface area contributed by atoms with Crippen LogP contribution in [-0.2, 0) is 6.42 Å². The minimum atomic E-state index is -0.716. The van der Waals surface area contributed by atoms with Gasteiger partial charge in [0.25, 0.3) is 0 Å². The fourth-order valence-electron chi connectivity index (χ4n) is 2.12. The predicted octanol–water partition coefficient (Wildman–Crippen LogP) is 4.40. The van der Waals surface area contributed by atoms with E-state index in [9.17, 15) is 5.11 Å². The normalized spacial score (nSPS) is 12.0. The van der Waals surface area contributed by atoms with Gasteiger partial charge in [-0.1, -0.05) is 39.7 Å². The molecule has 0 spiro atoms. The summed E-state index contributed by atoms with van der Waals surface area (Å²) in [4.78, 5) is 0. The van der Waals surface area contributed by atoms with Crippen molar-refractivity contribution in [1.29, 1.82) is 0 Å². The van der Waals surface area contributed by atoms with Crippen molar-refractivity contribution >= 4 is 27.5 Å². The van der Waals surface area contributed by atoms with Crippen molar-refractivity contribution < 1.29 is 14.6 Å². The van der Waals surface area contributed by atoms with Gasteiger partial charge in [-0.15, -0.1) is 0 Å². The maximum absolute atomic E-state index is 10.4. The zero-order valence-corrected chi connectivity index (χ0v) is 14.1. The molecule has 0 saturated carbocycles. The number of methoxy groups -OCH3 is 2. The van der Waals surface area contributed by atoms with Crippen molar-refractivity contribution in [3.8, 4) is 11.5 Å². The molecule has 0 saturated heterocycles. The second-order valence-corrected chi connectivity index (χ2v) is 5.90. The summed E-state index contributed by atoms with van der Waals surface area (Å²) >= 11 is 9.64. The molecule has 21 heavy (non-hydrogen) atoms. The van der Waals surface area contributed by atoms with E-state index in [4.69, 9.17) is 21.1 Å². The van der Waals surface area contributed by atoms with E-state index in [1.54, 1.807) is 26.4 Å². The van der Waals surface area contributed by atoms with E-state index >= 15 is 0 Å². The first-order valence-electron chi connectivity index (χ1n) is 6.39. The Balaban J connectivity index is 2.28. The number of rotatable bonds is 5. The van der Waals surface area contributed by atoms with Gasteiger partial charge in [0.15, 0.2) is 11.5 Å². The second kappa shape index (κ2) is 7.16. The third-order valence-electron chi connectivity index (χ3n) is 3.18. The summed E-state index contributed by atoms with van der Waals surface area (Å²) in [5, 5.41) is 10.9. The molecule has 0 aliphatic rings. The van der Waals surface area contributed by atoms with Crippen molar-refractivity contribution in [3.05, 3.63) is 57.0 Å². The molecule has 2 aromatic rings. The van der Waals surface area contributed by atoms with Gasteiger partial charge in [0.1, 0.15) is 0 Å². The quantitative estimate of drug-likeness (QED) is 0.847. The molecular weight excluding hydrogens is 356 g/mol. The maximum atomic E-state index is 10.4. The van der Waals surface area contributed by atoms with Crippen LogP contribution in [0.2, 0.25) is 5.02 Å². The highest BCUT2D eigenvalue weighted by Crippen LogP contribution is 2.36. The highest BCUT2D eigenvalue weighted by atomic mass is 79.9. The number of aliphatic hydroxyl groups excluding tert-OH is 1. The molecular formula is C16H16BrClO3. The minimum Gasteiger partial charge on any atom is -0.493 e. The van der Waals surface area contributed by atoms with E-state index in [0.717, 1.165) is 10.0 Å². The average Bonchev–Trinajstić information content (AvgIpc) is 2.46. The van der Waals surface area contributed by atoms with Gasteiger partial charge in [0, 0.05) is 22.5 Å². The zero-order valence-electron chi connectivity index (χ0n) is 11.8. The molecule has 1 atom stereocenters. The molecule has 0 bridgehead atoms. The van der Waals surface area contributed by atoms with Gasteiger partial charge in [-0.3, -0.25) is 0 Å². The third-order valence-corrected chi connectivity index (χ3v) is 4.00. The first-order valence-corrected chi connectivity index (χ1v) is 7.56. The summed E-state index contributed by atoms with van der Waals surface area (Å²) < 4.78 is 11.4. The van der Waals surface area contributed by atoms with Crippen LogP contribution in [0.15, 0.2) is 40.9 Å². The van der Waals surface area contributed by atoms with E-state index in [1.165, 1.54) is 0 Å². The highest BCUT2D eigenvalue weighted by Gasteiger charge is 2.17. The van der Waals surface area contributed by atoms with Crippen molar-refractivity contribution in [1.82, 2.24) is 0 Å². The van der Waals surface area contributed by atoms with Gasteiger partial charge in [-0.05, 0) is 23.8 Å². The molecule has 0 heterocycles. The molecule has 0 aliphatic heterocycles. The topological polar surface area (TPSA) is 38.7 Å². The van der Waals surface area contributed by atoms with Crippen LogP contribution in [0, 0.1) is 0 Å². The Kier molecular flexibility index (Phi) is 5.51. The van der Waals surface area contributed by atoms with Gasteiger partial charge in [0.2, 0.25) is 0 Å². The summed E-state index contributed by atoms with van der Waals surface area (Å²) in [6, 6.07) is 11.2. The maximum Gasteiger partial charge on any atom is 0.162 e. The molecule has 0 aliphatic carbocycles. The number of halogens is 2. The molecule has 1 unspecified atom stereocenters. The summed E-state index contributed by atoms with van der Waals surface area (Å²) in [5.41, 5.74) is 1.64. The van der Waals surface area contributed by atoms with E-state index in [0.29, 0.717) is 28.5 Å². The number of aliphatic hydroxyl groups is 1. The van der Waals surface area contributed by atoms with E-state index in [1.807, 2.05) is 24.3 Å². The van der Waals surface area contributed by atoms with Gasteiger partial charge < -0.3 is 14.6 Å². The van der Waals surface area contributed by atoms with Crippen LogP contribution in [0.4, 0.5) is 0 Å². The largest absolute Gasteiger partial charge is 0.493 e. The lowest BCUT2D eigenvalue weighted by Crippen LogP contribution is -2.04. The summed E-state index contributed by atoms with van der Waals surface area (Å²) in [7, 11) is 3.10. The molecule has 2 rings (SSSR count).